The van der Waals surface area contributed by atoms with E-state index in [-0.39, 0.29) is 23.4 Å². The Morgan fingerprint density at radius 2 is 1.87 bits per heavy atom. The lowest BCUT2D eigenvalue weighted by atomic mass is 10.0. The Kier molecular flexibility index (Phi) is 5.80. The summed E-state index contributed by atoms with van der Waals surface area (Å²) in [5.74, 6) is -0.584. The molecule has 0 unspecified atom stereocenters. The van der Waals surface area contributed by atoms with Crippen molar-refractivity contribution in [3.63, 3.8) is 0 Å². The quantitative estimate of drug-likeness (QED) is 0.562. The zero-order valence-electron chi connectivity index (χ0n) is 13.1. The van der Waals surface area contributed by atoms with Gasteiger partial charge in [-0.2, -0.15) is 0 Å². The molecule has 2 aromatic rings. The van der Waals surface area contributed by atoms with Crippen molar-refractivity contribution in [2.45, 2.75) is 25.8 Å². The van der Waals surface area contributed by atoms with E-state index in [1.807, 2.05) is 30.3 Å². The lowest BCUT2D eigenvalue weighted by Gasteiger charge is -2.17. The molecule has 0 aliphatic heterocycles. The number of nitrogens with one attached hydrogen (secondary N) is 1. The van der Waals surface area contributed by atoms with Crippen LogP contribution in [0.3, 0.4) is 0 Å². The minimum atomic E-state index is -0.208. The maximum Gasteiger partial charge on any atom is 0.244 e. The lowest BCUT2D eigenvalue weighted by molar-refractivity contribution is -0.117. The lowest BCUT2D eigenvalue weighted by Crippen LogP contribution is -2.26. The molecule has 0 spiro atoms. The summed E-state index contributed by atoms with van der Waals surface area (Å²) >= 11 is 0. The smallest absolute Gasteiger partial charge is 0.244 e. The van der Waals surface area contributed by atoms with Gasteiger partial charge in [0, 0.05) is 6.08 Å². The van der Waals surface area contributed by atoms with Crippen molar-refractivity contribution in [2.24, 2.45) is 0 Å². The van der Waals surface area contributed by atoms with Gasteiger partial charge in [-0.1, -0.05) is 49.7 Å². The third kappa shape index (κ3) is 4.88. The second kappa shape index (κ2) is 8.03. The van der Waals surface area contributed by atoms with Gasteiger partial charge in [-0.05, 0) is 35.8 Å². The van der Waals surface area contributed by atoms with Gasteiger partial charge >= 0.3 is 0 Å². The molecule has 1 atom stereocenters. The summed E-state index contributed by atoms with van der Waals surface area (Å²) in [4.78, 5) is 12.1. The Hall–Kier alpha value is -2.75. The highest BCUT2D eigenvalue weighted by Gasteiger charge is 2.11. The first-order chi connectivity index (χ1) is 11.1. The summed E-state index contributed by atoms with van der Waals surface area (Å²) in [6.45, 7) is 2.08. The average Bonchev–Trinajstić information content (AvgIpc) is 2.56. The van der Waals surface area contributed by atoms with Crippen LogP contribution in [-0.4, -0.2) is 16.1 Å². The fourth-order valence-electron chi connectivity index (χ4n) is 2.33. The number of aromatic hydroxyl groups is 2. The Labute approximate surface area is 136 Å². The Bertz CT molecular complexity index is 680. The molecule has 2 aromatic carbocycles. The molecule has 0 fully saturated rings. The van der Waals surface area contributed by atoms with Gasteiger partial charge in [0.25, 0.3) is 0 Å². The fraction of sp³-hybridized carbons (Fsp3) is 0.211. The average molecular weight is 311 g/mol. The van der Waals surface area contributed by atoms with Crippen LogP contribution >= 0.6 is 0 Å². The predicted octanol–water partition coefficient (Wildman–Crippen LogP) is 3.77. The van der Waals surface area contributed by atoms with E-state index in [1.165, 1.54) is 18.2 Å². The third-order valence-corrected chi connectivity index (χ3v) is 3.52. The maximum absolute atomic E-state index is 12.1. The van der Waals surface area contributed by atoms with Crippen molar-refractivity contribution in [1.29, 1.82) is 0 Å². The van der Waals surface area contributed by atoms with Crippen molar-refractivity contribution in [3.8, 4) is 11.5 Å². The van der Waals surface area contributed by atoms with Crippen LogP contribution in [-0.2, 0) is 4.79 Å². The third-order valence-electron chi connectivity index (χ3n) is 3.52. The molecule has 1 amide bonds. The van der Waals surface area contributed by atoms with E-state index in [9.17, 15) is 15.0 Å². The second-order valence-corrected chi connectivity index (χ2v) is 5.34. The SMILES string of the molecule is CCC[C@H](NC(=O)/C=C/c1ccc(O)c(O)c1)c1ccccc1. The van der Waals surface area contributed by atoms with Gasteiger partial charge in [0.15, 0.2) is 11.5 Å². The predicted molar refractivity (Wildman–Crippen MR) is 91.0 cm³/mol. The maximum atomic E-state index is 12.1. The van der Waals surface area contributed by atoms with E-state index in [0.717, 1.165) is 18.4 Å². The summed E-state index contributed by atoms with van der Waals surface area (Å²) in [5.41, 5.74) is 1.72. The molecule has 120 valence electrons. The first-order valence-electron chi connectivity index (χ1n) is 7.65. The standard InChI is InChI=1S/C19H21NO3/c1-2-6-16(15-7-4-3-5-8-15)20-19(23)12-10-14-9-11-17(21)18(22)13-14/h3-5,7-13,16,21-22H,2,6H2,1H3,(H,20,23)/b12-10+/t16-/m0/s1. The largest absolute Gasteiger partial charge is 0.504 e. The Morgan fingerprint density at radius 1 is 1.13 bits per heavy atom. The topological polar surface area (TPSA) is 69.6 Å². The van der Waals surface area contributed by atoms with Crippen molar-refractivity contribution in [3.05, 3.63) is 65.7 Å². The van der Waals surface area contributed by atoms with Crippen molar-refractivity contribution < 1.29 is 15.0 Å². The number of phenols is 2. The van der Waals surface area contributed by atoms with Crippen LogP contribution in [0.5, 0.6) is 11.5 Å². The molecular formula is C19H21NO3. The van der Waals surface area contributed by atoms with Crippen LogP contribution in [0.2, 0.25) is 0 Å². The van der Waals surface area contributed by atoms with Crippen molar-refractivity contribution >= 4 is 12.0 Å². The minimum Gasteiger partial charge on any atom is -0.504 e. The van der Waals surface area contributed by atoms with Crippen LogP contribution in [0, 0.1) is 0 Å². The highest BCUT2D eigenvalue weighted by Crippen LogP contribution is 2.25. The summed E-state index contributed by atoms with van der Waals surface area (Å²) in [7, 11) is 0. The number of hydrogen-bond donors (Lipinski definition) is 3. The fourth-order valence-corrected chi connectivity index (χ4v) is 2.33. The molecule has 0 aromatic heterocycles. The zero-order chi connectivity index (χ0) is 16.7. The first kappa shape index (κ1) is 16.6. The molecule has 2 rings (SSSR count). The van der Waals surface area contributed by atoms with Gasteiger partial charge in [0.2, 0.25) is 5.91 Å². The Morgan fingerprint density at radius 3 is 2.52 bits per heavy atom. The Balaban J connectivity index is 2.04. The molecule has 4 nitrogen and oxygen atoms in total. The monoisotopic (exact) mass is 311 g/mol. The van der Waals surface area contributed by atoms with Crippen LogP contribution in [0.1, 0.15) is 36.9 Å². The van der Waals surface area contributed by atoms with Crippen molar-refractivity contribution in [1.82, 2.24) is 5.32 Å². The highest BCUT2D eigenvalue weighted by molar-refractivity contribution is 5.92. The number of amides is 1. The summed E-state index contributed by atoms with van der Waals surface area (Å²) < 4.78 is 0. The van der Waals surface area contributed by atoms with Gasteiger partial charge < -0.3 is 15.5 Å². The van der Waals surface area contributed by atoms with Gasteiger partial charge in [-0.15, -0.1) is 0 Å². The van der Waals surface area contributed by atoms with E-state index >= 15 is 0 Å². The van der Waals surface area contributed by atoms with Gasteiger partial charge in [0.05, 0.1) is 6.04 Å². The molecule has 0 saturated carbocycles. The molecule has 0 saturated heterocycles. The molecule has 0 bridgehead atoms. The van der Waals surface area contributed by atoms with E-state index in [1.54, 1.807) is 12.1 Å². The van der Waals surface area contributed by atoms with Crippen LogP contribution < -0.4 is 5.32 Å². The molecular weight excluding hydrogens is 290 g/mol. The number of carbonyl (C=O) groups is 1. The van der Waals surface area contributed by atoms with E-state index < -0.39 is 0 Å². The summed E-state index contributed by atoms with van der Waals surface area (Å²) in [5, 5.41) is 21.7. The molecule has 4 heteroatoms. The van der Waals surface area contributed by atoms with Crippen LogP contribution in [0.25, 0.3) is 6.08 Å². The number of carbonyl (C=O) groups excluding carboxylic acids is 1. The van der Waals surface area contributed by atoms with Gasteiger partial charge in [-0.3, -0.25) is 4.79 Å². The molecule has 0 aliphatic carbocycles. The first-order valence-corrected chi connectivity index (χ1v) is 7.65. The van der Waals surface area contributed by atoms with E-state index in [4.69, 9.17) is 0 Å². The van der Waals surface area contributed by atoms with E-state index in [0.29, 0.717) is 5.56 Å². The minimum absolute atomic E-state index is 0.0217. The molecule has 3 N–H and O–H groups in total. The number of rotatable bonds is 6. The van der Waals surface area contributed by atoms with Crippen LogP contribution in [0.4, 0.5) is 0 Å². The number of benzene rings is 2. The normalized spacial score (nSPS) is 12.2. The van der Waals surface area contributed by atoms with Crippen molar-refractivity contribution in [2.75, 3.05) is 0 Å². The molecule has 0 heterocycles. The van der Waals surface area contributed by atoms with Crippen LogP contribution in [0.15, 0.2) is 54.6 Å². The highest BCUT2D eigenvalue weighted by atomic mass is 16.3. The van der Waals surface area contributed by atoms with Gasteiger partial charge in [0.1, 0.15) is 0 Å². The summed E-state index contributed by atoms with van der Waals surface area (Å²) in [6, 6.07) is 14.3. The second-order valence-electron chi connectivity index (χ2n) is 5.34. The zero-order valence-corrected chi connectivity index (χ0v) is 13.1. The molecule has 0 radical (unpaired) electrons. The van der Waals surface area contributed by atoms with Gasteiger partial charge in [-0.25, -0.2) is 0 Å². The molecule has 0 aliphatic rings. The number of hydrogen-bond acceptors (Lipinski definition) is 3. The summed E-state index contributed by atoms with van der Waals surface area (Å²) in [6.07, 6.45) is 4.86. The molecule has 23 heavy (non-hydrogen) atoms. The van der Waals surface area contributed by atoms with E-state index in [2.05, 4.69) is 12.2 Å². The number of phenolic OH excluding ortho intramolecular Hbond substituents is 2.